The topological polar surface area (TPSA) is 88.7 Å². The first-order valence-corrected chi connectivity index (χ1v) is 11.4. The minimum atomic E-state index is -0.464. The highest BCUT2D eigenvalue weighted by Gasteiger charge is 2.18. The van der Waals surface area contributed by atoms with E-state index in [4.69, 9.17) is 9.15 Å². The summed E-state index contributed by atoms with van der Waals surface area (Å²) in [5.41, 5.74) is 2.13. The number of nitrogens with zero attached hydrogens (tertiary/aromatic N) is 2. The third-order valence-corrected chi connectivity index (χ3v) is 5.74. The molecule has 0 unspecified atom stereocenters. The van der Waals surface area contributed by atoms with Crippen molar-refractivity contribution < 1.29 is 18.7 Å². The molecule has 1 aliphatic rings. The van der Waals surface area contributed by atoms with Crippen molar-refractivity contribution in [2.75, 3.05) is 39.4 Å². The maximum absolute atomic E-state index is 13.1. The van der Waals surface area contributed by atoms with E-state index in [0.717, 1.165) is 62.3 Å². The number of nitrogens with one attached hydrogen (secondary N) is 2. The second-order valence-corrected chi connectivity index (χ2v) is 7.94. The molecule has 8 nitrogen and oxygen atoms in total. The fourth-order valence-corrected chi connectivity index (χ4v) is 3.98. The minimum absolute atomic E-state index is 0.150. The number of aryl methyl sites for hydroxylation is 1. The molecule has 0 aliphatic carbocycles. The summed E-state index contributed by atoms with van der Waals surface area (Å²) >= 11 is 0. The molecule has 8 heteroatoms. The third-order valence-electron chi connectivity index (χ3n) is 5.74. The van der Waals surface area contributed by atoms with Crippen LogP contribution in [0.1, 0.15) is 29.5 Å². The number of rotatable bonds is 9. The SMILES string of the molecule is CCn1cc(C=C(NC(=O)c2ccco2)C(=O)NCCCN2CCOCC2)c2ccccc21. The van der Waals surface area contributed by atoms with E-state index < -0.39 is 5.91 Å². The van der Waals surface area contributed by atoms with E-state index in [2.05, 4.69) is 27.0 Å². The monoisotopic (exact) mass is 450 g/mol. The van der Waals surface area contributed by atoms with Crippen LogP contribution in [-0.2, 0) is 16.1 Å². The van der Waals surface area contributed by atoms with Gasteiger partial charge < -0.3 is 24.4 Å². The number of ether oxygens (including phenoxy) is 1. The summed E-state index contributed by atoms with van der Waals surface area (Å²) in [7, 11) is 0. The van der Waals surface area contributed by atoms with Gasteiger partial charge in [-0.2, -0.15) is 0 Å². The molecule has 0 saturated carbocycles. The van der Waals surface area contributed by atoms with E-state index in [1.165, 1.54) is 6.26 Å². The fourth-order valence-electron chi connectivity index (χ4n) is 3.98. The lowest BCUT2D eigenvalue weighted by Crippen LogP contribution is -2.39. The van der Waals surface area contributed by atoms with Gasteiger partial charge in [-0.25, -0.2) is 0 Å². The Morgan fingerprint density at radius 2 is 1.94 bits per heavy atom. The Bertz CT molecular complexity index is 1110. The second kappa shape index (κ2) is 11.0. The van der Waals surface area contributed by atoms with Crippen LogP contribution < -0.4 is 10.6 Å². The summed E-state index contributed by atoms with van der Waals surface area (Å²) in [6.45, 7) is 7.62. The molecule has 4 rings (SSSR count). The average Bonchev–Trinajstić information content (AvgIpc) is 3.51. The quantitative estimate of drug-likeness (QED) is 0.387. The molecule has 174 valence electrons. The molecule has 2 aromatic heterocycles. The molecule has 2 N–H and O–H groups in total. The third kappa shape index (κ3) is 5.71. The molecule has 0 radical (unpaired) electrons. The lowest BCUT2D eigenvalue weighted by atomic mass is 10.1. The van der Waals surface area contributed by atoms with Gasteiger partial charge in [-0.15, -0.1) is 0 Å². The minimum Gasteiger partial charge on any atom is -0.459 e. The van der Waals surface area contributed by atoms with Crippen LogP contribution in [0.2, 0.25) is 0 Å². The highest BCUT2D eigenvalue weighted by molar-refractivity contribution is 6.05. The van der Waals surface area contributed by atoms with Crippen LogP contribution in [0.3, 0.4) is 0 Å². The number of hydrogen-bond acceptors (Lipinski definition) is 5. The van der Waals surface area contributed by atoms with Gasteiger partial charge in [0.1, 0.15) is 5.70 Å². The number of carbonyl (C=O) groups excluding carboxylic acids is 2. The number of benzene rings is 1. The highest BCUT2D eigenvalue weighted by atomic mass is 16.5. The fraction of sp³-hybridized carbons (Fsp3) is 0.360. The Kier molecular flexibility index (Phi) is 7.59. The van der Waals surface area contributed by atoms with Crippen molar-refractivity contribution in [3.05, 3.63) is 65.9 Å². The smallest absolute Gasteiger partial charge is 0.291 e. The van der Waals surface area contributed by atoms with E-state index >= 15 is 0 Å². The van der Waals surface area contributed by atoms with Gasteiger partial charge in [0.2, 0.25) is 0 Å². The van der Waals surface area contributed by atoms with Crippen LogP contribution >= 0.6 is 0 Å². The van der Waals surface area contributed by atoms with E-state index in [1.54, 1.807) is 18.2 Å². The molecule has 0 atom stereocenters. The Balaban J connectivity index is 1.50. The molecule has 1 aromatic carbocycles. The van der Waals surface area contributed by atoms with Crippen LogP contribution in [0.25, 0.3) is 17.0 Å². The first-order chi connectivity index (χ1) is 16.2. The molecular weight excluding hydrogens is 420 g/mol. The van der Waals surface area contributed by atoms with Crippen molar-refractivity contribution in [2.24, 2.45) is 0 Å². The molecule has 3 aromatic rings. The van der Waals surface area contributed by atoms with Gasteiger partial charge in [-0.05, 0) is 44.2 Å². The van der Waals surface area contributed by atoms with Gasteiger partial charge in [-0.1, -0.05) is 18.2 Å². The zero-order valence-electron chi connectivity index (χ0n) is 18.9. The Morgan fingerprint density at radius 3 is 2.70 bits per heavy atom. The maximum Gasteiger partial charge on any atom is 0.291 e. The second-order valence-electron chi connectivity index (χ2n) is 7.94. The maximum atomic E-state index is 13.1. The summed E-state index contributed by atoms with van der Waals surface area (Å²) in [4.78, 5) is 28.0. The largest absolute Gasteiger partial charge is 0.459 e. The van der Waals surface area contributed by atoms with E-state index in [-0.39, 0.29) is 17.4 Å². The summed E-state index contributed by atoms with van der Waals surface area (Å²) in [5.74, 6) is -0.642. The lowest BCUT2D eigenvalue weighted by molar-refractivity contribution is -0.117. The number of amides is 2. The predicted molar refractivity (Wildman–Crippen MR) is 127 cm³/mol. The number of para-hydroxylation sites is 1. The van der Waals surface area contributed by atoms with E-state index in [0.29, 0.717) is 6.54 Å². The van der Waals surface area contributed by atoms with Gasteiger partial charge in [0.05, 0.1) is 19.5 Å². The summed E-state index contributed by atoms with van der Waals surface area (Å²) < 4.78 is 12.7. The van der Waals surface area contributed by atoms with Gasteiger partial charge >= 0.3 is 0 Å². The van der Waals surface area contributed by atoms with Gasteiger partial charge in [0, 0.05) is 48.8 Å². The summed E-state index contributed by atoms with van der Waals surface area (Å²) in [5, 5.41) is 6.69. The molecular formula is C25H30N4O4. The first kappa shape index (κ1) is 22.8. The number of hydrogen-bond donors (Lipinski definition) is 2. The zero-order chi connectivity index (χ0) is 23.0. The van der Waals surface area contributed by atoms with Crippen molar-refractivity contribution in [3.63, 3.8) is 0 Å². The molecule has 0 spiro atoms. The predicted octanol–water partition coefficient (Wildman–Crippen LogP) is 2.86. The van der Waals surface area contributed by atoms with E-state index in [1.807, 2.05) is 30.5 Å². The molecule has 1 saturated heterocycles. The van der Waals surface area contributed by atoms with Gasteiger partial charge in [0.15, 0.2) is 5.76 Å². The molecule has 1 aliphatic heterocycles. The van der Waals surface area contributed by atoms with Crippen LogP contribution in [0, 0.1) is 0 Å². The van der Waals surface area contributed by atoms with Crippen molar-refractivity contribution in [2.45, 2.75) is 19.9 Å². The molecule has 1 fully saturated rings. The van der Waals surface area contributed by atoms with Gasteiger partial charge in [-0.3, -0.25) is 14.5 Å². The Labute approximate surface area is 193 Å². The summed E-state index contributed by atoms with van der Waals surface area (Å²) in [6.07, 6.45) is 5.97. The standard InChI is InChI=1S/C25H30N4O4/c1-2-29-18-19(20-7-3-4-8-22(20)29)17-21(27-25(31)23-9-5-14-33-23)24(30)26-10-6-11-28-12-15-32-16-13-28/h3-5,7-9,14,17-18H,2,6,10-13,15-16H2,1H3,(H,26,30)(H,27,31). The number of aromatic nitrogens is 1. The summed E-state index contributed by atoms with van der Waals surface area (Å²) in [6, 6.07) is 11.2. The van der Waals surface area contributed by atoms with Crippen LogP contribution in [-0.4, -0.2) is 60.7 Å². The zero-order valence-corrected chi connectivity index (χ0v) is 18.9. The molecule has 2 amide bonds. The average molecular weight is 451 g/mol. The number of fused-ring (bicyclic) bond motifs is 1. The highest BCUT2D eigenvalue weighted by Crippen LogP contribution is 2.23. The van der Waals surface area contributed by atoms with E-state index in [9.17, 15) is 9.59 Å². The van der Waals surface area contributed by atoms with Crippen LogP contribution in [0.5, 0.6) is 0 Å². The Morgan fingerprint density at radius 1 is 1.12 bits per heavy atom. The van der Waals surface area contributed by atoms with Crippen molar-refractivity contribution >= 4 is 28.8 Å². The lowest BCUT2D eigenvalue weighted by Gasteiger charge is -2.26. The molecule has 0 bridgehead atoms. The first-order valence-electron chi connectivity index (χ1n) is 11.4. The molecule has 3 heterocycles. The van der Waals surface area contributed by atoms with Crippen molar-refractivity contribution in [1.82, 2.24) is 20.1 Å². The van der Waals surface area contributed by atoms with Gasteiger partial charge in [0.25, 0.3) is 11.8 Å². The van der Waals surface area contributed by atoms with Crippen LogP contribution in [0.4, 0.5) is 0 Å². The van der Waals surface area contributed by atoms with Crippen LogP contribution in [0.15, 0.2) is 59.0 Å². The molecule has 33 heavy (non-hydrogen) atoms. The number of carbonyl (C=O) groups is 2. The number of furan rings is 1. The van der Waals surface area contributed by atoms with Crippen molar-refractivity contribution in [1.29, 1.82) is 0 Å². The normalized spacial score (nSPS) is 15.0. The Hall–Kier alpha value is -3.36. The van der Waals surface area contributed by atoms with Crippen molar-refractivity contribution in [3.8, 4) is 0 Å². The number of morpholine rings is 1.